The van der Waals surface area contributed by atoms with Crippen LogP contribution in [-0.4, -0.2) is 44.1 Å². The molecule has 4 rings (SSSR count). The van der Waals surface area contributed by atoms with Crippen molar-refractivity contribution in [2.75, 3.05) is 6.54 Å². The molecular weight excluding hydrogens is 468 g/mol. The SMILES string of the molecule is Cc1ccc(CN(C2CCCCC2)S(=O)(=O)c2ccc(S(=O)(=O)N3CCCC[C@H]3C)cc2)cc1. The average Bonchev–Trinajstić information content (AvgIpc) is 2.84. The summed E-state index contributed by atoms with van der Waals surface area (Å²) in [6.07, 6.45) is 7.62. The van der Waals surface area contributed by atoms with E-state index in [2.05, 4.69) is 0 Å². The molecule has 34 heavy (non-hydrogen) atoms. The van der Waals surface area contributed by atoms with Crippen LogP contribution in [0.1, 0.15) is 69.4 Å². The van der Waals surface area contributed by atoms with E-state index in [1.54, 1.807) is 8.61 Å². The zero-order valence-corrected chi connectivity index (χ0v) is 21.8. The molecule has 2 aromatic rings. The molecule has 186 valence electrons. The van der Waals surface area contributed by atoms with E-state index in [1.807, 2.05) is 38.1 Å². The Morgan fingerprint density at radius 3 is 2.00 bits per heavy atom. The summed E-state index contributed by atoms with van der Waals surface area (Å²) in [5.41, 5.74) is 2.09. The normalized spacial score (nSPS) is 21.1. The van der Waals surface area contributed by atoms with Crippen LogP contribution in [0.4, 0.5) is 0 Å². The van der Waals surface area contributed by atoms with Crippen molar-refractivity contribution >= 4 is 20.0 Å². The summed E-state index contributed by atoms with van der Waals surface area (Å²) in [4.78, 5) is 0.304. The fourth-order valence-electron chi connectivity index (χ4n) is 5.14. The Bertz CT molecular complexity index is 1170. The average molecular weight is 505 g/mol. The van der Waals surface area contributed by atoms with Gasteiger partial charge in [0.15, 0.2) is 0 Å². The number of hydrogen-bond acceptors (Lipinski definition) is 4. The van der Waals surface area contributed by atoms with Crippen molar-refractivity contribution < 1.29 is 16.8 Å². The van der Waals surface area contributed by atoms with Gasteiger partial charge in [-0.2, -0.15) is 8.61 Å². The second-order valence-corrected chi connectivity index (χ2v) is 13.5. The van der Waals surface area contributed by atoms with Gasteiger partial charge in [0.2, 0.25) is 20.0 Å². The minimum absolute atomic E-state index is 0.0431. The molecule has 2 fully saturated rings. The zero-order valence-electron chi connectivity index (χ0n) is 20.2. The van der Waals surface area contributed by atoms with Gasteiger partial charge in [0, 0.05) is 25.2 Å². The van der Waals surface area contributed by atoms with E-state index >= 15 is 0 Å². The molecular formula is C26H36N2O4S2. The Hall–Kier alpha value is -1.74. The van der Waals surface area contributed by atoms with Crippen LogP contribution in [0.25, 0.3) is 0 Å². The van der Waals surface area contributed by atoms with E-state index in [0.717, 1.165) is 62.5 Å². The van der Waals surface area contributed by atoms with Gasteiger partial charge in [0.1, 0.15) is 0 Å². The van der Waals surface area contributed by atoms with E-state index in [9.17, 15) is 16.8 Å². The van der Waals surface area contributed by atoms with Crippen molar-refractivity contribution in [2.24, 2.45) is 0 Å². The number of sulfonamides is 2. The van der Waals surface area contributed by atoms with Gasteiger partial charge in [-0.25, -0.2) is 16.8 Å². The first kappa shape index (κ1) is 25.4. The van der Waals surface area contributed by atoms with Crippen LogP contribution in [0.3, 0.4) is 0 Å². The van der Waals surface area contributed by atoms with E-state index < -0.39 is 20.0 Å². The molecule has 0 radical (unpaired) electrons. The van der Waals surface area contributed by atoms with Crippen LogP contribution >= 0.6 is 0 Å². The summed E-state index contributed by atoms with van der Waals surface area (Å²) in [5.74, 6) is 0. The summed E-state index contributed by atoms with van der Waals surface area (Å²) in [6.45, 7) is 4.77. The highest BCUT2D eigenvalue weighted by molar-refractivity contribution is 7.89. The number of hydrogen-bond donors (Lipinski definition) is 0. The number of piperidine rings is 1. The standard InChI is InChI=1S/C26H36N2O4S2/c1-21-11-13-23(14-12-21)20-28(24-9-4-3-5-10-24)34(31,32)26-17-15-25(16-18-26)33(29,30)27-19-7-6-8-22(27)2/h11-18,22,24H,3-10,19-20H2,1-2H3/t22-/m1/s1. The van der Waals surface area contributed by atoms with Crippen LogP contribution in [0.15, 0.2) is 58.3 Å². The number of benzene rings is 2. The van der Waals surface area contributed by atoms with Crippen molar-refractivity contribution in [1.29, 1.82) is 0 Å². The third-order valence-electron chi connectivity index (χ3n) is 7.22. The van der Waals surface area contributed by atoms with Crippen molar-refractivity contribution in [3.05, 3.63) is 59.7 Å². The Morgan fingerprint density at radius 1 is 0.794 bits per heavy atom. The number of rotatable bonds is 7. The highest BCUT2D eigenvalue weighted by Crippen LogP contribution is 2.31. The first-order valence-corrected chi connectivity index (χ1v) is 15.3. The van der Waals surface area contributed by atoms with Gasteiger partial charge in [-0.3, -0.25) is 0 Å². The van der Waals surface area contributed by atoms with Gasteiger partial charge >= 0.3 is 0 Å². The third-order valence-corrected chi connectivity index (χ3v) is 11.2. The zero-order chi connectivity index (χ0) is 24.3. The Kier molecular flexibility index (Phi) is 7.82. The topological polar surface area (TPSA) is 74.8 Å². The van der Waals surface area contributed by atoms with Gasteiger partial charge in [-0.15, -0.1) is 0 Å². The summed E-state index contributed by atoms with van der Waals surface area (Å²) < 4.78 is 57.1. The van der Waals surface area contributed by atoms with Crippen molar-refractivity contribution in [2.45, 2.75) is 93.6 Å². The molecule has 1 saturated heterocycles. The predicted molar refractivity (Wildman–Crippen MR) is 134 cm³/mol. The minimum atomic E-state index is -3.78. The smallest absolute Gasteiger partial charge is 0.207 e. The summed E-state index contributed by atoms with van der Waals surface area (Å²) in [7, 11) is -7.42. The molecule has 2 aliphatic rings. The molecule has 8 heteroatoms. The van der Waals surface area contributed by atoms with E-state index in [1.165, 1.54) is 24.3 Å². The maximum absolute atomic E-state index is 13.8. The second-order valence-electron chi connectivity index (χ2n) is 9.76. The molecule has 6 nitrogen and oxygen atoms in total. The summed E-state index contributed by atoms with van der Waals surface area (Å²) in [6, 6.07) is 13.7. The minimum Gasteiger partial charge on any atom is -0.207 e. The second kappa shape index (κ2) is 10.5. The highest BCUT2D eigenvalue weighted by Gasteiger charge is 2.34. The highest BCUT2D eigenvalue weighted by atomic mass is 32.2. The molecule has 1 saturated carbocycles. The lowest BCUT2D eigenvalue weighted by atomic mass is 9.95. The Balaban J connectivity index is 1.62. The van der Waals surface area contributed by atoms with Crippen LogP contribution < -0.4 is 0 Å². The van der Waals surface area contributed by atoms with Crippen LogP contribution in [0.2, 0.25) is 0 Å². The number of aryl methyl sites for hydroxylation is 1. The molecule has 0 spiro atoms. The fraction of sp³-hybridized carbons (Fsp3) is 0.538. The van der Waals surface area contributed by atoms with E-state index in [0.29, 0.717) is 13.1 Å². The Morgan fingerprint density at radius 2 is 1.38 bits per heavy atom. The van der Waals surface area contributed by atoms with Crippen LogP contribution in [0.5, 0.6) is 0 Å². The first-order chi connectivity index (χ1) is 16.2. The van der Waals surface area contributed by atoms with E-state index in [-0.39, 0.29) is 21.9 Å². The summed E-state index contributed by atoms with van der Waals surface area (Å²) >= 11 is 0. The van der Waals surface area contributed by atoms with Gasteiger partial charge in [0.05, 0.1) is 9.79 Å². The molecule has 1 aliphatic heterocycles. The lowest BCUT2D eigenvalue weighted by molar-refractivity contribution is 0.247. The molecule has 1 aliphatic carbocycles. The first-order valence-electron chi connectivity index (χ1n) is 12.4. The van der Waals surface area contributed by atoms with Gasteiger partial charge in [0.25, 0.3) is 0 Å². The molecule has 1 heterocycles. The lowest BCUT2D eigenvalue weighted by Gasteiger charge is -2.34. The maximum Gasteiger partial charge on any atom is 0.243 e. The number of nitrogens with zero attached hydrogens (tertiary/aromatic N) is 2. The molecule has 1 atom stereocenters. The van der Waals surface area contributed by atoms with Crippen LogP contribution in [-0.2, 0) is 26.6 Å². The predicted octanol–water partition coefficient (Wildman–Crippen LogP) is 5.08. The molecule has 0 unspecified atom stereocenters. The van der Waals surface area contributed by atoms with Crippen molar-refractivity contribution in [3.63, 3.8) is 0 Å². The molecule has 2 aromatic carbocycles. The van der Waals surface area contributed by atoms with Crippen LogP contribution in [0, 0.1) is 6.92 Å². The van der Waals surface area contributed by atoms with Gasteiger partial charge in [-0.05, 0) is 69.4 Å². The molecule has 0 amide bonds. The lowest BCUT2D eigenvalue weighted by Crippen LogP contribution is -2.42. The van der Waals surface area contributed by atoms with Crippen molar-refractivity contribution in [1.82, 2.24) is 8.61 Å². The van der Waals surface area contributed by atoms with Crippen molar-refractivity contribution in [3.8, 4) is 0 Å². The molecule has 0 N–H and O–H groups in total. The maximum atomic E-state index is 13.8. The van der Waals surface area contributed by atoms with Gasteiger partial charge < -0.3 is 0 Å². The Labute approximate surface area is 205 Å². The summed E-state index contributed by atoms with van der Waals surface area (Å²) in [5, 5.41) is 0. The largest absolute Gasteiger partial charge is 0.243 e. The van der Waals surface area contributed by atoms with E-state index in [4.69, 9.17) is 0 Å². The monoisotopic (exact) mass is 504 g/mol. The molecule has 0 aromatic heterocycles. The quantitative estimate of drug-likeness (QED) is 0.527. The molecule has 0 bridgehead atoms. The fourth-order valence-corrected chi connectivity index (χ4v) is 8.51. The van der Waals surface area contributed by atoms with Gasteiger partial charge in [-0.1, -0.05) is 55.5 Å². The third kappa shape index (κ3) is 5.40.